The molecule has 98 valence electrons. The highest BCUT2D eigenvalue weighted by atomic mass is 35.5. The summed E-state index contributed by atoms with van der Waals surface area (Å²) in [7, 11) is 0. The lowest BCUT2D eigenvalue weighted by Crippen LogP contribution is -2.54. The number of hydrogen-bond acceptors (Lipinski definition) is 3. The summed E-state index contributed by atoms with van der Waals surface area (Å²) in [5, 5.41) is 9.54. The van der Waals surface area contributed by atoms with Gasteiger partial charge in [0.1, 0.15) is 5.75 Å². The van der Waals surface area contributed by atoms with Crippen LogP contribution in [0.15, 0.2) is 24.3 Å². The molecule has 2 rings (SSSR count). The second-order valence-electron chi connectivity index (χ2n) is 4.51. The van der Waals surface area contributed by atoms with Gasteiger partial charge in [0.25, 0.3) is 5.91 Å². The average Bonchev–Trinajstić information content (AvgIpc) is 2.30. The number of halogens is 1. The van der Waals surface area contributed by atoms with Crippen LogP contribution in [0.2, 0.25) is 5.02 Å². The number of carbonyl (C=O) groups is 1. The second kappa shape index (κ2) is 5.59. The Hall–Kier alpha value is -1.26. The molecule has 1 N–H and O–H groups in total. The molecule has 1 aliphatic rings. The average molecular weight is 270 g/mol. The number of aliphatic hydroxyl groups is 1. The van der Waals surface area contributed by atoms with Crippen LogP contribution in [-0.4, -0.2) is 41.7 Å². The van der Waals surface area contributed by atoms with Gasteiger partial charge in [-0.15, -0.1) is 0 Å². The zero-order chi connectivity index (χ0) is 13.1. The molecule has 1 heterocycles. The molecule has 0 aliphatic carbocycles. The van der Waals surface area contributed by atoms with Crippen LogP contribution in [0.1, 0.15) is 6.92 Å². The number of benzene rings is 1. The topological polar surface area (TPSA) is 49.8 Å². The van der Waals surface area contributed by atoms with E-state index < -0.39 is 6.10 Å². The number of ether oxygens (including phenoxy) is 1. The predicted octanol–water partition coefficient (Wildman–Crippen LogP) is 1.56. The van der Waals surface area contributed by atoms with E-state index in [1.165, 1.54) is 0 Å². The smallest absolute Gasteiger partial charge is 0.263 e. The lowest BCUT2D eigenvalue weighted by molar-refractivity contribution is -0.145. The van der Waals surface area contributed by atoms with Crippen LogP contribution in [0.3, 0.4) is 0 Å². The second-order valence-corrected chi connectivity index (χ2v) is 4.94. The standard InChI is InChI=1S/C13H16ClNO3/c1-9(13(17)15-6-10(7-15)8-16)18-12-4-2-11(14)3-5-12/h2-5,9-10,16H,6-8H2,1H3. The first-order valence-corrected chi connectivity index (χ1v) is 6.30. The number of aliphatic hydroxyl groups excluding tert-OH is 1. The van der Waals surface area contributed by atoms with Gasteiger partial charge >= 0.3 is 0 Å². The molecule has 5 heteroatoms. The molecule has 18 heavy (non-hydrogen) atoms. The van der Waals surface area contributed by atoms with Crippen LogP contribution in [0, 0.1) is 5.92 Å². The van der Waals surface area contributed by atoms with E-state index >= 15 is 0 Å². The van der Waals surface area contributed by atoms with Crippen molar-refractivity contribution in [2.24, 2.45) is 5.92 Å². The Kier molecular flexibility index (Phi) is 4.09. The van der Waals surface area contributed by atoms with Crippen LogP contribution in [0.4, 0.5) is 0 Å². The van der Waals surface area contributed by atoms with E-state index in [-0.39, 0.29) is 18.4 Å². The Balaban J connectivity index is 1.86. The van der Waals surface area contributed by atoms with Gasteiger partial charge in [0.05, 0.1) is 0 Å². The summed E-state index contributed by atoms with van der Waals surface area (Å²) in [4.78, 5) is 13.6. The minimum atomic E-state index is -0.522. The van der Waals surface area contributed by atoms with Crippen molar-refractivity contribution in [2.45, 2.75) is 13.0 Å². The summed E-state index contributed by atoms with van der Waals surface area (Å²) >= 11 is 5.77. The van der Waals surface area contributed by atoms with Gasteiger partial charge in [-0.3, -0.25) is 4.79 Å². The third kappa shape index (κ3) is 2.94. The minimum absolute atomic E-state index is 0.0466. The van der Waals surface area contributed by atoms with Crippen molar-refractivity contribution >= 4 is 17.5 Å². The van der Waals surface area contributed by atoms with Crippen molar-refractivity contribution < 1.29 is 14.6 Å². The number of nitrogens with zero attached hydrogens (tertiary/aromatic N) is 1. The molecule has 1 aromatic carbocycles. The predicted molar refractivity (Wildman–Crippen MR) is 68.7 cm³/mol. The van der Waals surface area contributed by atoms with E-state index in [9.17, 15) is 4.79 Å². The summed E-state index contributed by atoms with van der Waals surface area (Å²) in [5.74, 6) is 0.797. The molecule has 4 nitrogen and oxygen atoms in total. The molecule has 0 radical (unpaired) electrons. The molecule has 1 amide bonds. The number of likely N-dealkylation sites (tertiary alicyclic amines) is 1. The van der Waals surface area contributed by atoms with Crippen molar-refractivity contribution in [3.05, 3.63) is 29.3 Å². The number of rotatable bonds is 4. The van der Waals surface area contributed by atoms with E-state index in [1.807, 2.05) is 0 Å². The van der Waals surface area contributed by atoms with Crippen molar-refractivity contribution in [3.63, 3.8) is 0 Å². The monoisotopic (exact) mass is 269 g/mol. The summed E-state index contributed by atoms with van der Waals surface area (Å²) < 4.78 is 5.54. The molecule has 1 aromatic rings. The number of carbonyl (C=O) groups excluding carboxylic acids is 1. The van der Waals surface area contributed by atoms with Gasteiger partial charge in [-0.25, -0.2) is 0 Å². The SMILES string of the molecule is CC(Oc1ccc(Cl)cc1)C(=O)N1CC(CO)C1. The zero-order valence-electron chi connectivity index (χ0n) is 10.2. The Morgan fingerprint density at radius 1 is 1.50 bits per heavy atom. The van der Waals surface area contributed by atoms with Gasteiger partial charge in [-0.2, -0.15) is 0 Å². The maximum absolute atomic E-state index is 12.0. The highest BCUT2D eigenvalue weighted by molar-refractivity contribution is 6.30. The van der Waals surface area contributed by atoms with Crippen LogP contribution in [-0.2, 0) is 4.79 Å². The summed E-state index contributed by atoms with van der Waals surface area (Å²) in [6.45, 7) is 3.09. The summed E-state index contributed by atoms with van der Waals surface area (Å²) in [6, 6.07) is 6.91. The molecule has 1 saturated heterocycles. The van der Waals surface area contributed by atoms with Gasteiger partial charge in [0.15, 0.2) is 6.10 Å². The van der Waals surface area contributed by atoms with Gasteiger partial charge in [0, 0.05) is 30.6 Å². The highest BCUT2D eigenvalue weighted by Crippen LogP contribution is 2.20. The Morgan fingerprint density at radius 3 is 2.67 bits per heavy atom. The lowest BCUT2D eigenvalue weighted by atomic mass is 10.0. The van der Waals surface area contributed by atoms with E-state index in [2.05, 4.69) is 0 Å². The van der Waals surface area contributed by atoms with Crippen LogP contribution in [0.25, 0.3) is 0 Å². The normalized spacial score (nSPS) is 17.2. The van der Waals surface area contributed by atoms with Crippen molar-refractivity contribution in [3.8, 4) is 5.75 Å². The van der Waals surface area contributed by atoms with Crippen LogP contribution < -0.4 is 4.74 Å². The molecule has 0 aromatic heterocycles. The Morgan fingerprint density at radius 2 is 2.11 bits per heavy atom. The van der Waals surface area contributed by atoms with Gasteiger partial charge < -0.3 is 14.7 Å². The molecule has 0 saturated carbocycles. The zero-order valence-corrected chi connectivity index (χ0v) is 10.9. The molecule has 1 fully saturated rings. The molecule has 0 bridgehead atoms. The molecule has 0 spiro atoms. The summed E-state index contributed by atoms with van der Waals surface area (Å²) in [5.41, 5.74) is 0. The fraction of sp³-hybridized carbons (Fsp3) is 0.462. The van der Waals surface area contributed by atoms with Crippen molar-refractivity contribution in [1.29, 1.82) is 0 Å². The fourth-order valence-corrected chi connectivity index (χ4v) is 2.02. The van der Waals surface area contributed by atoms with E-state index in [0.717, 1.165) is 0 Å². The third-order valence-corrected chi connectivity index (χ3v) is 3.25. The molecular weight excluding hydrogens is 254 g/mol. The quantitative estimate of drug-likeness (QED) is 0.902. The fourth-order valence-electron chi connectivity index (χ4n) is 1.89. The first-order chi connectivity index (χ1) is 8.60. The summed E-state index contributed by atoms with van der Waals surface area (Å²) in [6.07, 6.45) is -0.522. The van der Waals surface area contributed by atoms with E-state index in [0.29, 0.717) is 23.9 Å². The first-order valence-electron chi connectivity index (χ1n) is 5.92. The molecule has 1 aliphatic heterocycles. The molecule has 1 atom stereocenters. The Labute approximate surface area is 111 Å². The maximum Gasteiger partial charge on any atom is 0.263 e. The largest absolute Gasteiger partial charge is 0.481 e. The van der Waals surface area contributed by atoms with E-state index in [4.69, 9.17) is 21.4 Å². The third-order valence-electron chi connectivity index (χ3n) is 3.00. The van der Waals surface area contributed by atoms with Gasteiger partial charge in [-0.1, -0.05) is 11.6 Å². The maximum atomic E-state index is 12.0. The number of amides is 1. The Bertz CT molecular complexity index is 415. The highest BCUT2D eigenvalue weighted by Gasteiger charge is 2.33. The van der Waals surface area contributed by atoms with Crippen LogP contribution in [0.5, 0.6) is 5.75 Å². The minimum Gasteiger partial charge on any atom is -0.481 e. The van der Waals surface area contributed by atoms with Gasteiger partial charge in [-0.05, 0) is 31.2 Å². The van der Waals surface area contributed by atoms with Crippen molar-refractivity contribution in [1.82, 2.24) is 4.90 Å². The van der Waals surface area contributed by atoms with E-state index in [1.54, 1.807) is 36.1 Å². The van der Waals surface area contributed by atoms with Crippen LogP contribution >= 0.6 is 11.6 Å². The first kappa shape index (κ1) is 13.2. The molecule has 1 unspecified atom stereocenters. The lowest BCUT2D eigenvalue weighted by Gasteiger charge is -2.39. The van der Waals surface area contributed by atoms with Gasteiger partial charge in [0.2, 0.25) is 0 Å². The number of hydrogen-bond donors (Lipinski definition) is 1. The molecular formula is C13H16ClNO3. The van der Waals surface area contributed by atoms with Crippen molar-refractivity contribution in [2.75, 3.05) is 19.7 Å².